The lowest BCUT2D eigenvalue weighted by Gasteiger charge is -2.28. The van der Waals surface area contributed by atoms with Crippen molar-refractivity contribution < 1.29 is 42.1 Å². The number of unbranched alkanes of at least 4 members (excludes halogenated alkanes) is 20. The van der Waals surface area contributed by atoms with Crippen LogP contribution in [0.25, 0.3) is 0 Å². The molecule has 0 aromatic rings. The number of quaternary nitrogens is 1. The summed E-state index contributed by atoms with van der Waals surface area (Å²) >= 11 is 0. The van der Waals surface area contributed by atoms with E-state index in [1.165, 1.54) is 96.3 Å². The Balaban J connectivity index is 4.34. The molecule has 0 heterocycles. The quantitative estimate of drug-likeness (QED) is 0.0195. The lowest BCUT2D eigenvalue weighted by atomic mass is 10.0. The van der Waals surface area contributed by atoms with Crippen LogP contribution in [-0.2, 0) is 32.7 Å². The van der Waals surface area contributed by atoms with E-state index >= 15 is 0 Å². The van der Waals surface area contributed by atoms with E-state index in [4.69, 9.17) is 18.5 Å². The maximum Gasteiger partial charge on any atom is 0.306 e. The Morgan fingerprint density at radius 3 is 1.42 bits per heavy atom. The van der Waals surface area contributed by atoms with E-state index in [0.717, 1.165) is 70.6 Å². The number of likely N-dealkylation sites (N-methyl/N-ethyl adjacent to an activating group) is 1. The van der Waals surface area contributed by atoms with Gasteiger partial charge in [0.2, 0.25) is 0 Å². The minimum absolute atomic E-state index is 0.0462. The molecule has 0 aliphatic heterocycles. The van der Waals surface area contributed by atoms with Crippen LogP contribution in [0.15, 0.2) is 72.9 Å². The second-order valence-electron chi connectivity index (χ2n) is 18.2. The summed E-state index contributed by atoms with van der Waals surface area (Å²) in [5.41, 5.74) is 0. The molecule has 10 heteroatoms. The first-order valence-electron chi connectivity index (χ1n) is 25.6. The third-order valence-corrected chi connectivity index (χ3v) is 11.6. The van der Waals surface area contributed by atoms with Gasteiger partial charge in [0.1, 0.15) is 19.8 Å². The van der Waals surface area contributed by atoms with E-state index in [2.05, 4.69) is 86.8 Å². The van der Waals surface area contributed by atoms with Gasteiger partial charge in [-0.2, -0.15) is 0 Å². The average Bonchev–Trinajstić information content (AvgIpc) is 3.25. The second kappa shape index (κ2) is 45.6. The molecule has 0 amide bonds. The number of nitrogens with zero attached hydrogens (tertiary/aromatic N) is 1. The smallest absolute Gasteiger partial charge is 0.306 e. The zero-order valence-electron chi connectivity index (χ0n) is 41.7. The van der Waals surface area contributed by atoms with Gasteiger partial charge in [-0.15, -0.1) is 0 Å². The molecule has 0 aromatic heterocycles. The van der Waals surface area contributed by atoms with Crippen LogP contribution in [0, 0.1) is 0 Å². The third kappa shape index (κ3) is 48.9. The largest absolute Gasteiger partial charge is 0.756 e. The number of carbonyl (C=O) groups is 2. The Bertz CT molecular complexity index is 1310. The maximum absolute atomic E-state index is 12.7. The third-order valence-electron chi connectivity index (χ3n) is 10.7. The van der Waals surface area contributed by atoms with Gasteiger partial charge in [-0.25, -0.2) is 0 Å². The van der Waals surface area contributed by atoms with Gasteiger partial charge in [-0.1, -0.05) is 183 Å². The minimum Gasteiger partial charge on any atom is -0.756 e. The fraction of sp³-hybridized carbons (Fsp3) is 0.741. The lowest BCUT2D eigenvalue weighted by Crippen LogP contribution is -2.37. The van der Waals surface area contributed by atoms with Crippen molar-refractivity contribution in [3.8, 4) is 0 Å². The van der Waals surface area contributed by atoms with Crippen LogP contribution < -0.4 is 4.89 Å². The predicted octanol–water partition coefficient (Wildman–Crippen LogP) is 14.7. The molecule has 0 aliphatic carbocycles. The van der Waals surface area contributed by atoms with Crippen molar-refractivity contribution in [3.63, 3.8) is 0 Å². The van der Waals surface area contributed by atoms with Crippen molar-refractivity contribution in [3.05, 3.63) is 72.9 Å². The number of phosphoric acid groups is 1. The summed E-state index contributed by atoms with van der Waals surface area (Å²) in [4.78, 5) is 37.7. The molecule has 0 aromatic carbocycles. The number of hydrogen-bond donors (Lipinski definition) is 0. The number of esters is 2. The Morgan fingerprint density at radius 2 is 0.906 bits per heavy atom. The van der Waals surface area contributed by atoms with E-state index in [9.17, 15) is 19.0 Å². The molecule has 2 atom stereocenters. The molecule has 0 fully saturated rings. The summed E-state index contributed by atoms with van der Waals surface area (Å²) in [5, 5.41) is 0. The molecule has 0 N–H and O–H groups in total. The van der Waals surface area contributed by atoms with Crippen LogP contribution in [-0.4, -0.2) is 70.0 Å². The normalized spacial score (nSPS) is 14.0. The number of carbonyl (C=O) groups excluding carboxylic acids is 2. The van der Waals surface area contributed by atoms with Gasteiger partial charge in [-0.05, 0) is 83.5 Å². The van der Waals surface area contributed by atoms with Gasteiger partial charge >= 0.3 is 11.9 Å². The number of hydrogen-bond acceptors (Lipinski definition) is 8. The van der Waals surface area contributed by atoms with Gasteiger partial charge in [0.05, 0.1) is 27.7 Å². The number of phosphoric ester groups is 1. The summed E-state index contributed by atoms with van der Waals surface area (Å²) < 4.78 is 33.9. The molecule has 0 aliphatic rings. The van der Waals surface area contributed by atoms with Crippen molar-refractivity contribution in [1.29, 1.82) is 0 Å². The first-order chi connectivity index (χ1) is 31.0. The van der Waals surface area contributed by atoms with Gasteiger partial charge in [0.15, 0.2) is 6.10 Å². The van der Waals surface area contributed by atoms with E-state index in [0.29, 0.717) is 23.9 Å². The van der Waals surface area contributed by atoms with E-state index < -0.39 is 32.5 Å². The van der Waals surface area contributed by atoms with Crippen molar-refractivity contribution in [2.24, 2.45) is 0 Å². The molecular formula is C54H96NO8P. The van der Waals surface area contributed by atoms with Gasteiger partial charge in [0.25, 0.3) is 7.82 Å². The van der Waals surface area contributed by atoms with Crippen LogP contribution in [0.3, 0.4) is 0 Å². The zero-order chi connectivity index (χ0) is 47.1. The molecule has 0 bridgehead atoms. The minimum atomic E-state index is -4.65. The van der Waals surface area contributed by atoms with E-state index in [-0.39, 0.29) is 26.1 Å². The summed E-state index contributed by atoms with van der Waals surface area (Å²) in [7, 11) is 1.12. The summed E-state index contributed by atoms with van der Waals surface area (Å²) in [5.74, 6) is -0.922. The Kier molecular flexibility index (Phi) is 43.8. The van der Waals surface area contributed by atoms with Crippen LogP contribution in [0.4, 0.5) is 0 Å². The Morgan fingerprint density at radius 1 is 0.484 bits per heavy atom. The van der Waals surface area contributed by atoms with Gasteiger partial charge < -0.3 is 27.9 Å². The molecule has 0 spiro atoms. The summed E-state index contributed by atoms with van der Waals surface area (Å²) in [6.45, 7) is 4.09. The Labute approximate surface area is 393 Å². The first kappa shape index (κ1) is 61.5. The zero-order valence-corrected chi connectivity index (χ0v) is 42.6. The number of allylic oxidation sites excluding steroid dienone is 12. The highest BCUT2D eigenvalue weighted by Crippen LogP contribution is 2.38. The van der Waals surface area contributed by atoms with Crippen LogP contribution >= 0.6 is 7.82 Å². The van der Waals surface area contributed by atoms with Gasteiger partial charge in [-0.3, -0.25) is 14.2 Å². The molecule has 1 unspecified atom stereocenters. The van der Waals surface area contributed by atoms with Crippen molar-refractivity contribution in [2.45, 2.75) is 213 Å². The maximum atomic E-state index is 12.7. The fourth-order valence-corrected chi connectivity index (χ4v) is 7.39. The SMILES string of the molecule is CCC/C=C/C/C=C/C/C=C/C/C=C/CCCCCC(=O)O[C@@H](COC(=O)CCC/C=C/CC/C=C/CCCCCCCCCCCCCCCC)COP(=O)([O-])OCC[N+](C)(C)C. The molecular weight excluding hydrogens is 822 g/mol. The summed E-state index contributed by atoms with van der Waals surface area (Å²) in [6, 6.07) is 0. The number of ether oxygens (including phenoxy) is 2. The molecule has 64 heavy (non-hydrogen) atoms. The molecule has 0 radical (unpaired) electrons. The highest BCUT2D eigenvalue weighted by molar-refractivity contribution is 7.45. The number of rotatable bonds is 46. The average molecular weight is 918 g/mol. The van der Waals surface area contributed by atoms with Crippen molar-refractivity contribution >= 4 is 19.8 Å². The topological polar surface area (TPSA) is 111 Å². The lowest BCUT2D eigenvalue weighted by molar-refractivity contribution is -0.870. The molecule has 0 saturated heterocycles. The van der Waals surface area contributed by atoms with E-state index in [1.54, 1.807) is 0 Å². The van der Waals surface area contributed by atoms with Gasteiger partial charge in [0, 0.05) is 12.8 Å². The fourth-order valence-electron chi connectivity index (χ4n) is 6.67. The molecule has 9 nitrogen and oxygen atoms in total. The highest BCUT2D eigenvalue weighted by Gasteiger charge is 2.21. The van der Waals surface area contributed by atoms with Crippen LogP contribution in [0.1, 0.15) is 206 Å². The first-order valence-corrected chi connectivity index (χ1v) is 27.1. The standard InChI is InChI=1S/C54H96NO8P/c1-6-8-10-12-14-16-18-20-22-24-25-26-27-28-29-31-32-34-36-38-40-42-44-46-53(56)60-50-52(51-62-64(58,59)61-49-48-55(3,4)5)63-54(57)47-45-43-41-39-37-35-33-30-23-21-19-17-15-13-11-9-7-2/h11,13,17,19,23,30-32,35,37-38,40,52H,6-10,12,14-16,18,20-22,24-29,33-34,36,39,41-51H2,1-5H3/b13-11+,19-17+,30-23+,32-31+,37-35+,40-38+/t52-/m0/s1. The second-order valence-corrected chi connectivity index (χ2v) is 19.6. The Hall–Kier alpha value is -2.55. The van der Waals surface area contributed by atoms with Crippen LogP contribution in [0.2, 0.25) is 0 Å². The monoisotopic (exact) mass is 918 g/mol. The highest BCUT2D eigenvalue weighted by atomic mass is 31.2. The van der Waals surface area contributed by atoms with Crippen molar-refractivity contribution in [2.75, 3.05) is 47.5 Å². The molecule has 0 saturated carbocycles. The van der Waals surface area contributed by atoms with Crippen LogP contribution in [0.5, 0.6) is 0 Å². The van der Waals surface area contributed by atoms with E-state index in [1.807, 2.05) is 21.1 Å². The summed E-state index contributed by atoms with van der Waals surface area (Å²) in [6.07, 6.45) is 58.1. The van der Waals surface area contributed by atoms with Crippen molar-refractivity contribution in [1.82, 2.24) is 0 Å². The molecule has 0 rings (SSSR count). The predicted molar refractivity (Wildman–Crippen MR) is 268 cm³/mol. The molecule has 370 valence electrons.